The van der Waals surface area contributed by atoms with Crippen LogP contribution in [0.2, 0.25) is 0 Å². The number of esters is 1. The number of hydrogen-bond donors (Lipinski definition) is 3. The van der Waals surface area contributed by atoms with Gasteiger partial charge >= 0.3 is 13.6 Å². The molecule has 0 spiro atoms. The Bertz CT molecular complexity index is 812. The van der Waals surface area contributed by atoms with Crippen molar-refractivity contribution in [3.05, 3.63) is 71.8 Å². The maximum atomic E-state index is 11.4. The minimum absolute atomic E-state index is 0.203. The summed E-state index contributed by atoms with van der Waals surface area (Å²) in [6.45, 7) is 2.22. The number of primary amides is 1. The Morgan fingerprint density at radius 1 is 1.07 bits per heavy atom. The van der Waals surface area contributed by atoms with E-state index < -0.39 is 23.1 Å². The van der Waals surface area contributed by atoms with Crippen LogP contribution in [0.25, 0.3) is 0 Å². The minimum atomic E-state index is -4.29. The highest BCUT2D eigenvalue weighted by molar-refractivity contribution is 14.1. The molecule has 0 aliphatic heterocycles. The molecule has 0 aliphatic carbocycles. The van der Waals surface area contributed by atoms with Crippen LogP contribution in [0.3, 0.4) is 0 Å². The predicted molar refractivity (Wildman–Crippen MR) is 115 cm³/mol. The van der Waals surface area contributed by atoms with Gasteiger partial charge < -0.3 is 20.3 Å². The Morgan fingerprint density at radius 2 is 1.57 bits per heavy atom. The average Bonchev–Trinajstić information content (AvgIpc) is 2.62. The predicted octanol–water partition coefficient (Wildman–Crippen LogP) is 2.93. The second kappa shape index (κ2) is 11.3. The van der Waals surface area contributed by atoms with Crippen molar-refractivity contribution in [2.45, 2.75) is 16.8 Å². The van der Waals surface area contributed by atoms with E-state index in [-0.39, 0.29) is 12.4 Å². The molecule has 0 saturated carbocycles. The molecular formula is C19H23INO6P. The number of hydrogen-bond acceptors (Lipinski definition) is 4. The zero-order chi connectivity index (χ0) is 21.2. The van der Waals surface area contributed by atoms with Crippen molar-refractivity contribution in [3.63, 3.8) is 0 Å². The van der Waals surface area contributed by atoms with Gasteiger partial charge in [0.25, 0.3) is 0 Å². The van der Waals surface area contributed by atoms with Crippen LogP contribution in [-0.4, -0.2) is 37.9 Å². The molecule has 0 heterocycles. The topological polar surface area (TPSA) is 127 Å². The highest BCUT2D eigenvalue weighted by Crippen LogP contribution is 2.43. The fourth-order valence-electron chi connectivity index (χ4n) is 2.26. The van der Waals surface area contributed by atoms with Gasteiger partial charge in [-0.2, -0.15) is 0 Å². The number of alkyl halides is 1. The first kappa shape index (κ1) is 24.3. The maximum absolute atomic E-state index is 11.4. The number of nitrogens with two attached hydrogens (primary N) is 1. The van der Waals surface area contributed by atoms with E-state index in [9.17, 15) is 14.2 Å². The molecule has 9 heteroatoms. The number of carbonyl (C=O) groups is 2. The van der Waals surface area contributed by atoms with E-state index in [0.717, 1.165) is 5.56 Å². The van der Waals surface area contributed by atoms with Crippen molar-refractivity contribution in [2.75, 3.05) is 12.8 Å². The summed E-state index contributed by atoms with van der Waals surface area (Å²) < 4.78 is 14.5. The van der Waals surface area contributed by atoms with Crippen molar-refractivity contribution in [1.82, 2.24) is 0 Å². The van der Waals surface area contributed by atoms with E-state index in [2.05, 4.69) is 0 Å². The number of carbonyl (C=O) groups excluding carboxylic acids is 2. The molecule has 2 aromatic rings. The van der Waals surface area contributed by atoms with E-state index in [1.54, 1.807) is 65.9 Å². The van der Waals surface area contributed by atoms with Crippen LogP contribution >= 0.6 is 30.2 Å². The SMILES string of the molecule is CCOC(=O)c1ccccc1.NC(=O)C(I)(Cc1ccccc1)CP(=O)(O)O. The molecule has 0 aromatic heterocycles. The lowest BCUT2D eigenvalue weighted by Gasteiger charge is -2.24. The van der Waals surface area contributed by atoms with E-state index in [1.165, 1.54) is 0 Å². The number of halogens is 1. The average molecular weight is 519 g/mol. The second-order valence-electron chi connectivity index (χ2n) is 5.90. The van der Waals surface area contributed by atoms with Gasteiger partial charge in [0.05, 0.1) is 18.3 Å². The third-order valence-corrected chi connectivity index (χ3v) is 6.36. The number of rotatable bonds is 7. The summed E-state index contributed by atoms with van der Waals surface area (Å²) in [6, 6.07) is 17.9. The Kier molecular flexibility index (Phi) is 9.81. The summed E-state index contributed by atoms with van der Waals surface area (Å²) in [6.07, 6.45) is -0.348. The van der Waals surface area contributed by atoms with Crippen molar-refractivity contribution in [1.29, 1.82) is 0 Å². The first-order chi connectivity index (χ1) is 13.1. The molecule has 0 radical (unpaired) electrons. The van der Waals surface area contributed by atoms with Gasteiger partial charge in [0.15, 0.2) is 0 Å². The zero-order valence-corrected chi connectivity index (χ0v) is 18.4. The van der Waals surface area contributed by atoms with E-state index >= 15 is 0 Å². The standard InChI is InChI=1S/C10H13INO4P.C9H10O2/c11-10(9(12)13,7-17(14,15)16)6-8-4-2-1-3-5-8;1-2-11-9(10)8-6-4-3-5-7-8/h1-5H,6-7H2,(H2,12,13)(H2,14,15,16);3-7H,2H2,1H3. The molecule has 7 nitrogen and oxygen atoms in total. The molecule has 0 fully saturated rings. The largest absolute Gasteiger partial charge is 0.462 e. The molecule has 2 aromatic carbocycles. The Balaban J connectivity index is 0.000000307. The quantitative estimate of drug-likeness (QED) is 0.224. The molecule has 28 heavy (non-hydrogen) atoms. The van der Waals surface area contributed by atoms with E-state index in [1.807, 2.05) is 24.3 Å². The summed E-state index contributed by atoms with van der Waals surface area (Å²) in [5.41, 5.74) is 6.66. The van der Waals surface area contributed by atoms with Crippen molar-refractivity contribution < 1.29 is 28.7 Å². The summed E-state index contributed by atoms with van der Waals surface area (Å²) in [5, 5.41) is 0. The Morgan fingerprint density at radius 3 is 2.00 bits per heavy atom. The molecule has 1 atom stereocenters. The molecule has 2 rings (SSSR count). The summed E-state index contributed by atoms with van der Waals surface area (Å²) in [5.74, 6) is -0.974. The molecule has 1 amide bonds. The van der Waals surface area contributed by atoms with Gasteiger partial charge in [-0.25, -0.2) is 4.79 Å². The lowest BCUT2D eigenvalue weighted by molar-refractivity contribution is -0.119. The molecule has 4 N–H and O–H groups in total. The Labute approximate surface area is 177 Å². The molecule has 0 bridgehead atoms. The molecular weight excluding hydrogens is 496 g/mol. The summed E-state index contributed by atoms with van der Waals surface area (Å²) in [4.78, 5) is 40.4. The highest BCUT2D eigenvalue weighted by atomic mass is 127. The summed E-state index contributed by atoms with van der Waals surface area (Å²) in [7, 11) is -4.29. The lowest BCUT2D eigenvalue weighted by Crippen LogP contribution is -2.43. The fraction of sp³-hybridized carbons (Fsp3) is 0.263. The van der Waals surface area contributed by atoms with Gasteiger partial charge in [-0.3, -0.25) is 9.36 Å². The van der Waals surface area contributed by atoms with Gasteiger partial charge in [0.2, 0.25) is 5.91 Å². The van der Waals surface area contributed by atoms with Crippen LogP contribution in [0.1, 0.15) is 22.8 Å². The first-order valence-electron chi connectivity index (χ1n) is 8.37. The van der Waals surface area contributed by atoms with Crippen LogP contribution in [0, 0.1) is 0 Å². The van der Waals surface area contributed by atoms with Crippen LogP contribution < -0.4 is 5.73 Å². The van der Waals surface area contributed by atoms with Gasteiger partial charge in [0, 0.05) is 0 Å². The third-order valence-electron chi connectivity index (χ3n) is 3.51. The fourth-order valence-corrected chi connectivity index (χ4v) is 4.95. The van der Waals surface area contributed by atoms with Crippen LogP contribution in [0.4, 0.5) is 0 Å². The molecule has 152 valence electrons. The Hall–Kier alpha value is -1.74. The zero-order valence-electron chi connectivity index (χ0n) is 15.3. The smallest absolute Gasteiger partial charge is 0.338 e. The number of ether oxygens (including phenoxy) is 1. The van der Waals surface area contributed by atoms with Gasteiger partial charge in [-0.15, -0.1) is 0 Å². The first-order valence-corrected chi connectivity index (χ1v) is 11.2. The maximum Gasteiger partial charge on any atom is 0.338 e. The highest BCUT2D eigenvalue weighted by Gasteiger charge is 2.40. The molecule has 0 aliphatic rings. The van der Waals surface area contributed by atoms with Crippen LogP contribution in [0.5, 0.6) is 0 Å². The number of benzene rings is 2. The van der Waals surface area contributed by atoms with Crippen LogP contribution in [0.15, 0.2) is 60.7 Å². The van der Waals surface area contributed by atoms with Crippen molar-refractivity contribution in [2.24, 2.45) is 5.73 Å². The minimum Gasteiger partial charge on any atom is -0.462 e. The van der Waals surface area contributed by atoms with Gasteiger partial charge in [0.1, 0.15) is 3.42 Å². The monoisotopic (exact) mass is 519 g/mol. The molecule has 1 unspecified atom stereocenters. The third kappa shape index (κ3) is 8.97. The van der Waals surface area contributed by atoms with Crippen LogP contribution in [-0.2, 0) is 20.5 Å². The molecule has 0 saturated heterocycles. The van der Waals surface area contributed by atoms with Crippen molar-refractivity contribution in [3.8, 4) is 0 Å². The van der Waals surface area contributed by atoms with Gasteiger partial charge in [-0.05, 0) is 31.0 Å². The van der Waals surface area contributed by atoms with E-state index in [0.29, 0.717) is 12.2 Å². The normalized spacial score (nSPS) is 12.9. The number of amides is 1. The van der Waals surface area contributed by atoms with Crippen molar-refractivity contribution >= 4 is 42.1 Å². The van der Waals surface area contributed by atoms with E-state index in [4.69, 9.17) is 20.3 Å². The summed E-state index contributed by atoms with van der Waals surface area (Å²) >= 11 is 1.73. The second-order valence-corrected chi connectivity index (χ2v) is 9.61. The van der Waals surface area contributed by atoms with Gasteiger partial charge in [-0.1, -0.05) is 71.1 Å². The lowest BCUT2D eigenvalue weighted by atomic mass is 10.0.